The van der Waals surface area contributed by atoms with E-state index in [1.54, 1.807) is 18.1 Å². The van der Waals surface area contributed by atoms with Crippen LogP contribution in [0.2, 0.25) is 5.15 Å². The molecule has 1 aromatic heterocycles. The van der Waals surface area contributed by atoms with Gasteiger partial charge in [-0.15, -0.1) is 0 Å². The smallest absolute Gasteiger partial charge is 0.241 e. The number of hydrogen-bond acceptors (Lipinski definition) is 4. The van der Waals surface area contributed by atoms with E-state index in [-0.39, 0.29) is 5.91 Å². The number of anilines is 1. The van der Waals surface area contributed by atoms with Crippen LogP contribution in [0.15, 0.2) is 12.4 Å². The van der Waals surface area contributed by atoms with Gasteiger partial charge in [0.1, 0.15) is 0 Å². The van der Waals surface area contributed by atoms with E-state index in [0.29, 0.717) is 24.1 Å². The van der Waals surface area contributed by atoms with Crippen molar-refractivity contribution in [2.45, 2.75) is 0 Å². The maximum Gasteiger partial charge on any atom is 0.241 e. The van der Waals surface area contributed by atoms with E-state index in [9.17, 15) is 4.79 Å². The lowest BCUT2D eigenvalue weighted by molar-refractivity contribution is -0.129. The molecule has 0 saturated carbocycles. The van der Waals surface area contributed by atoms with Gasteiger partial charge in [-0.1, -0.05) is 11.6 Å². The van der Waals surface area contributed by atoms with Crippen LogP contribution in [0.1, 0.15) is 0 Å². The quantitative estimate of drug-likeness (QED) is 0.696. The summed E-state index contributed by atoms with van der Waals surface area (Å²) in [6, 6.07) is 0. The van der Waals surface area contributed by atoms with Gasteiger partial charge in [0, 0.05) is 32.5 Å². The van der Waals surface area contributed by atoms with Crippen LogP contribution in [-0.2, 0) is 4.79 Å². The van der Waals surface area contributed by atoms with E-state index in [1.165, 1.54) is 6.20 Å². The molecule has 1 aromatic rings. The average Bonchev–Trinajstić information content (AvgIpc) is 2.23. The highest BCUT2D eigenvalue weighted by atomic mass is 35.5. The summed E-state index contributed by atoms with van der Waals surface area (Å²) < 4.78 is 0. The molecule has 0 spiro atoms. The van der Waals surface area contributed by atoms with Gasteiger partial charge in [0.15, 0.2) is 11.0 Å². The summed E-state index contributed by atoms with van der Waals surface area (Å²) in [5, 5.41) is 0.342. The first-order valence-electron chi connectivity index (χ1n) is 4.64. The van der Waals surface area contributed by atoms with Gasteiger partial charge in [-0.05, 0) is 0 Å². The Morgan fingerprint density at radius 2 is 2.07 bits per heavy atom. The van der Waals surface area contributed by atoms with Crippen LogP contribution in [-0.4, -0.2) is 47.5 Å². The second kappa shape index (κ2) is 4.02. The lowest BCUT2D eigenvalue weighted by Crippen LogP contribution is -2.49. The number of piperazine rings is 1. The average molecular weight is 227 g/mol. The lowest BCUT2D eigenvalue weighted by atomic mass is 10.3. The third kappa shape index (κ3) is 2.02. The predicted molar refractivity (Wildman–Crippen MR) is 56.9 cm³/mol. The zero-order valence-corrected chi connectivity index (χ0v) is 9.11. The third-order valence-electron chi connectivity index (χ3n) is 2.39. The van der Waals surface area contributed by atoms with Gasteiger partial charge >= 0.3 is 0 Å². The van der Waals surface area contributed by atoms with Crippen LogP contribution in [0, 0.1) is 0 Å². The number of hydrogen-bond donors (Lipinski definition) is 0. The van der Waals surface area contributed by atoms with Crippen molar-refractivity contribution in [3.63, 3.8) is 0 Å². The molecule has 0 aromatic carbocycles. The first-order valence-corrected chi connectivity index (χ1v) is 5.01. The third-order valence-corrected chi connectivity index (χ3v) is 2.66. The van der Waals surface area contributed by atoms with Gasteiger partial charge in [-0.2, -0.15) is 0 Å². The molecule has 80 valence electrons. The molecule has 0 aliphatic carbocycles. The highest BCUT2D eigenvalue weighted by molar-refractivity contribution is 6.31. The minimum Gasteiger partial charge on any atom is -0.343 e. The lowest BCUT2D eigenvalue weighted by Gasteiger charge is -2.32. The van der Waals surface area contributed by atoms with Crippen LogP contribution in [0.3, 0.4) is 0 Å². The van der Waals surface area contributed by atoms with Crippen LogP contribution in [0.5, 0.6) is 0 Å². The molecule has 0 radical (unpaired) electrons. The SMILES string of the molecule is CN1CCN(c2nccnc2Cl)CC1=O. The van der Waals surface area contributed by atoms with Crippen molar-refractivity contribution in [2.24, 2.45) is 0 Å². The van der Waals surface area contributed by atoms with Gasteiger partial charge in [0.05, 0.1) is 6.54 Å². The van der Waals surface area contributed by atoms with E-state index in [2.05, 4.69) is 9.97 Å². The number of halogens is 1. The summed E-state index contributed by atoms with van der Waals surface area (Å²) in [4.78, 5) is 23.1. The largest absolute Gasteiger partial charge is 0.343 e. The molecule has 1 amide bonds. The number of aromatic nitrogens is 2. The van der Waals surface area contributed by atoms with Crippen molar-refractivity contribution in [1.82, 2.24) is 14.9 Å². The fourth-order valence-electron chi connectivity index (χ4n) is 1.47. The Morgan fingerprint density at radius 3 is 2.73 bits per heavy atom. The Bertz CT molecular complexity index is 384. The Labute approximate surface area is 92.7 Å². The molecule has 15 heavy (non-hydrogen) atoms. The fourth-order valence-corrected chi connectivity index (χ4v) is 1.69. The standard InChI is InChI=1S/C9H11ClN4O/c1-13-4-5-14(6-7(13)15)9-8(10)11-2-3-12-9/h2-3H,4-6H2,1H3. The molecule has 5 nitrogen and oxygen atoms in total. The highest BCUT2D eigenvalue weighted by Gasteiger charge is 2.23. The van der Waals surface area contributed by atoms with Crippen LogP contribution in [0.4, 0.5) is 5.82 Å². The Morgan fingerprint density at radius 1 is 1.33 bits per heavy atom. The van der Waals surface area contributed by atoms with E-state index in [1.807, 2.05) is 4.90 Å². The van der Waals surface area contributed by atoms with Crippen molar-refractivity contribution in [3.05, 3.63) is 17.5 Å². The normalized spacial score (nSPS) is 17.1. The van der Waals surface area contributed by atoms with E-state index in [0.717, 1.165) is 6.54 Å². The summed E-state index contributed by atoms with van der Waals surface area (Å²) in [7, 11) is 1.79. The molecule has 1 aliphatic heterocycles. The molecule has 2 heterocycles. The second-order valence-electron chi connectivity index (χ2n) is 3.41. The van der Waals surface area contributed by atoms with Gasteiger partial charge < -0.3 is 9.80 Å². The number of carbonyl (C=O) groups is 1. The first-order chi connectivity index (χ1) is 7.18. The number of amides is 1. The number of likely N-dealkylation sites (N-methyl/N-ethyl adjacent to an activating group) is 1. The molecular weight excluding hydrogens is 216 g/mol. The molecule has 0 unspecified atom stereocenters. The van der Waals surface area contributed by atoms with Crippen molar-refractivity contribution in [2.75, 3.05) is 31.6 Å². The van der Waals surface area contributed by atoms with Crippen LogP contribution in [0.25, 0.3) is 0 Å². The molecule has 6 heteroatoms. The maximum atomic E-state index is 11.5. The number of rotatable bonds is 1. The maximum absolute atomic E-state index is 11.5. The summed E-state index contributed by atoms with van der Waals surface area (Å²) in [5.74, 6) is 0.656. The van der Waals surface area contributed by atoms with Gasteiger partial charge in [0.2, 0.25) is 5.91 Å². The van der Waals surface area contributed by atoms with Crippen molar-refractivity contribution in [1.29, 1.82) is 0 Å². The highest BCUT2D eigenvalue weighted by Crippen LogP contribution is 2.20. The minimum absolute atomic E-state index is 0.0722. The fraction of sp³-hybridized carbons (Fsp3) is 0.444. The molecule has 1 fully saturated rings. The second-order valence-corrected chi connectivity index (χ2v) is 3.77. The van der Waals surface area contributed by atoms with E-state index in [4.69, 9.17) is 11.6 Å². The van der Waals surface area contributed by atoms with E-state index >= 15 is 0 Å². The zero-order chi connectivity index (χ0) is 10.8. The summed E-state index contributed by atoms with van der Waals surface area (Å²) in [5.41, 5.74) is 0. The Balaban J connectivity index is 2.19. The van der Waals surface area contributed by atoms with Crippen molar-refractivity contribution >= 4 is 23.3 Å². The van der Waals surface area contributed by atoms with Gasteiger partial charge in [-0.3, -0.25) is 4.79 Å². The van der Waals surface area contributed by atoms with Crippen LogP contribution < -0.4 is 4.90 Å². The summed E-state index contributed by atoms with van der Waals surface area (Å²) >= 11 is 5.90. The first kappa shape index (κ1) is 10.2. The monoisotopic (exact) mass is 226 g/mol. The van der Waals surface area contributed by atoms with Gasteiger partial charge in [0.25, 0.3) is 0 Å². The zero-order valence-electron chi connectivity index (χ0n) is 8.35. The van der Waals surface area contributed by atoms with Crippen molar-refractivity contribution in [3.8, 4) is 0 Å². The summed E-state index contributed by atoms with van der Waals surface area (Å²) in [6.07, 6.45) is 3.10. The molecule has 0 atom stereocenters. The summed E-state index contributed by atoms with van der Waals surface area (Å²) in [6.45, 7) is 1.74. The Kier molecular flexibility index (Phi) is 2.73. The van der Waals surface area contributed by atoms with Crippen LogP contribution >= 0.6 is 11.6 Å². The molecule has 0 N–H and O–H groups in total. The number of carbonyl (C=O) groups excluding carboxylic acids is 1. The molecule has 1 aliphatic rings. The van der Waals surface area contributed by atoms with E-state index < -0.39 is 0 Å². The molecule has 1 saturated heterocycles. The Hall–Kier alpha value is -1.36. The minimum atomic E-state index is 0.0722. The van der Waals surface area contributed by atoms with Gasteiger partial charge in [-0.25, -0.2) is 9.97 Å². The number of nitrogens with zero attached hydrogens (tertiary/aromatic N) is 4. The molecule has 2 rings (SSSR count). The topological polar surface area (TPSA) is 49.3 Å². The predicted octanol–water partition coefficient (Wildman–Crippen LogP) is 0.408. The van der Waals surface area contributed by atoms with Crippen molar-refractivity contribution < 1.29 is 4.79 Å². The molecular formula is C9H11ClN4O. The molecule has 0 bridgehead atoms.